The second-order valence-corrected chi connectivity index (χ2v) is 4.89. The molecule has 0 fully saturated rings. The number of hydrogen-bond acceptors (Lipinski definition) is 1. The maximum absolute atomic E-state index is 13.2. The van der Waals surface area contributed by atoms with Crippen LogP contribution in [-0.2, 0) is 12.6 Å². The Bertz CT molecular complexity index is 590. The average Bonchev–Trinajstić information content (AvgIpc) is 2.44. The lowest BCUT2D eigenvalue weighted by molar-refractivity contribution is -0.137. The van der Waals surface area contributed by atoms with E-state index in [1.54, 1.807) is 12.1 Å². The van der Waals surface area contributed by atoms with Crippen LogP contribution in [-0.4, -0.2) is 6.54 Å². The van der Waals surface area contributed by atoms with E-state index in [4.69, 9.17) is 5.73 Å². The Kier molecular flexibility index (Phi) is 4.63. The Morgan fingerprint density at radius 1 is 1.00 bits per heavy atom. The molecule has 0 heterocycles. The highest BCUT2D eigenvalue weighted by Gasteiger charge is 2.30. The molecule has 21 heavy (non-hydrogen) atoms. The third-order valence-corrected chi connectivity index (χ3v) is 3.37. The van der Waals surface area contributed by atoms with Gasteiger partial charge in [0.15, 0.2) is 0 Å². The van der Waals surface area contributed by atoms with Gasteiger partial charge in [0.05, 0.1) is 5.56 Å². The summed E-state index contributed by atoms with van der Waals surface area (Å²) in [7, 11) is 0. The van der Waals surface area contributed by atoms with Crippen molar-refractivity contribution in [2.45, 2.75) is 18.5 Å². The summed E-state index contributed by atoms with van der Waals surface area (Å²) in [5, 5.41) is 0. The predicted octanol–water partition coefficient (Wildman–Crippen LogP) is 4.13. The van der Waals surface area contributed by atoms with Crippen molar-refractivity contribution in [1.82, 2.24) is 0 Å². The standard InChI is InChI=1S/C16H15F4N/c17-15-3-1-2-12(9-15)13(10-21)8-11-4-6-14(7-5-11)16(18,19)20/h1-7,9,13H,8,10,21H2. The van der Waals surface area contributed by atoms with Gasteiger partial charge in [-0.15, -0.1) is 0 Å². The normalized spacial score (nSPS) is 13.2. The molecule has 0 aliphatic heterocycles. The number of alkyl halides is 3. The van der Waals surface area contributed by atoms with Gasteiger partial charge in [0.2, 0.25) is 0 Å². The molecule has 0 amide bonds. The molecule has 2 aromatic carbocycles. The fraction of sp³-hybridized carbons (Fsp3) is 0.250. The summed E-state index contributed by atoms with van der Waals surface area (Å²) < 4.78 is 50.7. The quantitative estimate of drug-likeness (QED) is 0.844. The Labute approximate surface area is 120 Å². The lowest BCUT2D eigenvalue weighted by Crippen LogP contribution is -2.15. The third kappa shape index (κ3) is 4.04. The van der Waals surface area contributed by atoms with Crippen molar-refractivity contribution in [1.29, 1.82) is 0 Å². The Morgan fingerprint density at radius 3 is 2.19 bits per heavy atom. The van der Waals surface area contributed by atoms with Gasteiger partial charge in [-0.3, -0.25) is 0 Å². The van der Waals surface area contributed by atoms with Crippen LogP contribution < -0.4 is 5.73 Å². The van der Waals surface area contributed by atoms with E-state index in [2.05, 4.69) is 0 Å². The molecular formula is C16H15F4N. The second-order valence-electron chi connectivity index (χ2n) is 4.89. The molecule has 1 atom stereocenters. The molecule has 0 bridgehead atoms. The second kappa shape index (κ2) is 6.26. The maximum atomic E-state index is 13.2. The summed E-state index contributed by atoms with van der Waals surface area (Å²) in [4.78, 5) is 0. The zero-order chi connectivity index (χ0) is 15.5. The monoisotopic (exact) mass is 297 g/mol. The van der Waals surface area contributed by atoms with Crippen LogP contribution in [0, 0.1) is 5.82 Å². The first-order valence-electron chi connectivity index (χ1n) is 6.52. The maximum Gasteiger partial charge on any atom is 0.416 e. The molecule has 1 nitrogen and oxygen atoms in total. The highest BCUT2D eigenvalue weighted by Crippen LogP contribution is 2.30. The molecule has 0 saturated carbocycles. The van der Waals surface area contributed by atoms with Crippen LogP contribution in [0.25, 0.3) is 0 Å². The van der Waals surface area contributed by atoms with Crippen molar-refractivity contribution in [2.24, 2.45) is 5.73 Å². The largest absolute Gasteiger partial charge is 0.416 e. The summed E-state index contributed by atoms with van der Waals surface area (Å²) in [5.41, 5.74) is 6.51. The molecule has 0 radical (unpaired) electrons. The van der Waals surface area contributed by atoms with Crippen molar-refractivity contribution in [2.75, 3.05) is 6.54 Å². The van der Waals surface area contributed by atoms with Crippen LogP contribution in [0.1, 0.15) is 22.6 Å². The van der Waals surface area contributed by atoms with E-state index in [0.717, 1.165) is 23.3 Å². The van der Waals surface area contributed by atoms with Gasteiger partial charge in [-0.05, 0) is 48.4 Å². The summed E-state index contributed by atoms with van der Waals surface area (Å²) in [6.45, 7) is 0.296. The van der Waals surface area contributed by atoms with Crippen molar-refractivity contribution < 1.29 is 17.6 Å². The first-order chi connectivity index (χ1) is 9.90. The summed E-state index contributed by atoms with van der Waals surface area (Å²) in [6, 6.07) is 11.1. The Morgan fingerprint density at radius 2 is 1.67 bits per heavy atom. The SMILES string of the molecule is NCC(Cc1ccc(C(F)(F)F)cc1)c1cccc(F)c1. The molecule has 112 valence electrons. The van der Waals surface area contributed by atoms with Gasteiger partial charge in [0, 0.05) is 5.92 Å². The minimum atomic E-state index is -4.34. The predicted molar refractivity (Wildman–Crippen MR) is 73.3 cm³/mol. The van der Waals surface area contributed by atoms with Gasteiger partial charge >= 0.3 is 6.18 Å². The zero-order valence-electron chi connectivity index (χ0n) is 11.2. The Balaban J connectivity index is 2.15. The van der Waals surface area contributed by atoms with Gasteiger partial charge in [0.1, 0.15) is 5.82 Å². The fourth-order valence-electron chi connectivity index (χ4n) is 2.21. The number of rotatable bonds is 4. The average molecular weight is 297 g/mol. The molecular weight excluding hydrogens is 282 g/mol. The van der Waals surface area contributed by atoms with Crippen LogP contribution >= 0.6 is 0 Å². The van der Waals surface area contributed by atoms with Crippen LogP contribution in [0.4, 0.5) is 17.6 Å². The van der Waals surface area contributed by atoms with Crippen LogP contribution in [0.2, 0.25) is 0 Å². The molecule has 0 aliphatic carbocycles. The molecule has 2 N–H and O–H groups in total. The van der Waals surface area contributed by atoms with E-state index in [1.165, 1.54) is 24.3 Å². The number of hydrogen-bond donors (Lipinski definition) is 1. The van der Waals surface area contributed by atoms with Crippen molar-refractivity contribution >= 4 is 0 Å². The molecule has 1 unspecified atom stereocenters. The lowest BCUT2D eigenvalue weighted by Gasteiger charge is -2.16. The number of nitrogens with two attached hydrogens (primary N) is 1. The zero-order valence-corrected chi connectivity index (χ0v) is 11.2. The first-order valence-corrected chi connectivity index (χ1v) is 6.52. The van der Waals surface area contributed by atoms with E-state index < -0.39 is 11.7 Å². The van der Waals surface area contributed by atoms with Gasteiger partial charge in [-0.2, -0.15) is 13.2 Å². The topological polar surface area (TPSA) is 26.0 Å². The Hall–Kier alpha value is -1.88. The van der Waals surface area contributed by atoms with Crippen LogP contribution in [0.15, 0.2) is 48.5 Å². The number of halogens is 4. The highest BCUT2D eigenvalue weighted by atomic mass is 19.4. The molecule has 0 saturated heterocycles. The highest BCUT2D eigenvalue weighted by molar-refractivity contribution is 5.28. The lowest BCUT2D eigenvalue weighted by atomic mass is 9.91. The van der Waals surface area contributed by atoms with Gasteiger partial charge in [-0.1, -0.05) is 24.3 Å². The van der Waals surface area contributed by atoms with Crippen molar-refractivity contribution in [3.8, 4) is 0 Å². The summed E-state index contributed by atoms with van der Waals surface area (Å²) in [5.74, 6) is -0.476. The molecule has 2 rings (SSSR count). The van der Waals surface area contributed by atoms with Crippen LogP contribution in [0.3, 0.4) is 0 Å². The van der Waals surface area contributed by atoms with Crippen molar-refractivity contribution in [3.05, 3.63) is 71.0 Å². The summed E-state index contributed by atoms with van der Waals surface area (Å²) >= 11 is 0. The van der Waals surface area contributed by atoms with Gasteiger partial charge < -0.3 is 5.73 Å². The van der Waals surface area contributed by atoms with E-state index >= 15 is 0 Å². The van der Waals surface area contributed by atoms with Gasteiger partial charge in [-0.25, -0.2) is 4.39 Å². The molecule has 5 heteroatoms. The minimum Gasteiger partial charge on any atom is -0.330 e. The molecule has 0 aromatic heterocycles. The molecule has 0 spiro atoms. The fourth-order valence-corrected chi connectivity index (χ4v) is 2.21. The minimum absolute atomic E-state index is 0.127. The first kappa shape index (κ1) is 15.5. The molecule has 0 aliphatic rings. The van der Waals surface area contributed by atoms with E-state index in [0.29, 0.717) is 13.0 Å². The van der Waals surface area contributed by atoms with Gasteiger partial charge in [0.25, 0.3) is 0 Å². The molecule has 2 aromatic rings. The van der Waals surface area contributed by atoms with Crippen molar-refractivity contribution in [3.63, 3.8) is 0 Å². The van der Waals surface area contributed by atoms with E-state index in [-0.39, 0.29) is 11.7 Å². The van der Waals surface area contributed by atoms with Crippen LogP contribution in [0.5, 0.6) is 0 Å². The number of benzene rings is 2. The summed E-state index contributed by atoms with van der Waals surface area (Å²) in [6.07, 6.45) is -3.87. The smallest absolute Gasteiger partial charge is 0.330 e. The third-order valence-electron chi connectivity index (χ3n) is 3.37. The van der Waals surface area contributed by atoms with E-state index in [9.17, 15) is 17.6 Å². The van der Waals surface area contributed by atoms with E-state index in [1.807, 2.05) is 0 Å².